The Hall–Kier alpha value is -2.06. The number of aromatic carboxylic acids is 1. The Morgan fingerprint density at radius 3 is 2.64 bits per heavy atom. The number of carboxylic acid groups (broad SMARTS) is 2. The van der Waals surface area contributed by atoms with Gasteiger partial charge in [-0.1, -0.05) is 12.1 Å². The van der Waals surface area contributed by atoms with E-state index in [4.69, 9.17) is 14.6 Å². The quantitative estimate of drug-likeness (QED) is 0.790. The summed E-state index contributed by atoms with van der Waals surface area (Å²) in [5.74, 6) is -1.72. The molecule has 1 heterocycles. The number of ether oxygens (including phenoxy) is 2. The number of rotatable bonds is 6. The first-order valence-electron chi connectivity index (χ1n) is 5.98. The molecule has 0 aliphatic rings. The van der Waals surface area contributed by atoms with E-state index in [1.807, 2.05) is 0 Å². The third-order valence-electron chi connectivity index (χ3n) is 2.68. The fourth-order valence-electron chi connectivity index (χ4n) is 1.75. The standard InChI is InChI=1S/C14H11BrO6S/c1-20-8-4-2-3-7(5-8)12-10(15)11(21-6-9(16)17)13(22-12)14(18)19/h2-5H,6H2,1H3,(H,16,17)(H,18,19). The molecular formula is C14H11BrO6S. The second kappa shape index (κ2) is 6.80. The summed E-state index contributed by atoms with van der Waals surface area (Å²) in [6.45, 7) is -0.618. The average molecular weight is 387 g/mol. The Bertz CT molecular complexity index is 724. The first-order chi connectivity index (χ1) is 10.4. The molecule has 0 bridgehead atoms. The normalized spacial score (nSPS) is 10.3. The lowest BCUT2D eigenvalue weighted by atomic mass is 10.2. The summed E-state index contributed by atoms with van der Waals surface area (Å²) in [4.78, 5) is 22.5. The van der Waals surface area contributed by atoms with Crippen LogP contribution in [0.15, 0.2) is 28.7 Å². The molecule has 0 fully saturated rings. The van der Waals surface area contributed by atoms with Gasteiger partial charge in [-0.15, -0.1) is 11.3 Å². The Kier molecular flexibility index (Phi) is 5.04. The molecule has 1 aromatic heterocycles. The lowest BCUT2D eigenvalue weighted by Gasteiger charge is -2.04. The van der Waals surface area contributed by atoms with Crippen LogP contribution in [-0.4, -0.2) is 35.9 Å². The molecule has 22 heavy (non-hydrogen) atoms. The monoisotopic (exact) mass is 386 g/mol. The summed E-state index contributed by atoms with van der Waals surface area (Å²) in [6.07, 6.45) is 0. The maximum Gasteiger partial charge on any atom is 0.349 e. The zero-order valence-corrected chi connectivity index (χ0v) is 13.7. The number of hydrogen-bond acceptors (Lipinski definition) is 5. The number of methoxy groups -OCH3 is 1. The number of carboxylic acids is 2. The highest BCUT2D eigenvalue weighted by Gasteiger charge is 2.24. The maximum absolute atomic E-state index is 11.3. The number of hydrogen-bond donors (Lipinski definition) is 2. The zero-order valence-electron chi connectivity index (χ0n) is 11.3. The summed E-state index contributed by atoms with van der Waals surface area (Å²) in [6, 6.07) is 7.10. The van der Waals surface area contributed by atoms with E-state index in [9.17, 15) is 14.7 Å². The van der Waals surface area contributed by atoms with Crippen LogP contribution in [0.25, 0.3) is 10.4 Å². The molecule has 2 rings (SSSR count). The molecule has 0 amide bonds. The van der Waals surface area contributed by atoms with Gasteiger partial charge in [0.15, 0.2) is 17.2 Å². The van der Waals surface area contributed by atoms with Gasteiger partial charge in [0.25, 0.3) is 0 Å². The number of thiophene rings is 1. The van der Waals surface area contributed by atoms with Crippen LogP contribution in [0.3, 0.4) is 0 Å². The van der Waals surface area contributed by atoms with E-state index >= 15 is 0 Å². The second-order valence-electron chi connectivity index (χ2n) is 4.12. The Morgan fingerprint density at radius 1 is 1.32 bits per heavy atom. The maximum atomic E-state index is 11.3. The van der Waals surface area contributed by atoms with Crippen LogP contribution >= 0.6 is 27.3 Å². The van der Waals surface area contributed by atoms with E-state index in [2.05, 4.69) is 15.9 Å². The predicted molar refractivity (Wildman–Crippen MR) is 84.1 cm³/mol. The minimum Gasteiger partial charge on any atom is -0.497 e. The second-order valence-corrected chi connectivity index (χ2v) is 5.94. The van der Waals surface area contributed by atoms with Crippen molar-refractivity contribution >= 4 is 39.2 Å². The van der Waals surface area contributed by atoms with Gasteiger partial charge in [-0.05, 0) is 33.6 Å². The van der Waals surface area contributed by atoms with Crippen molar-refractivity contribution < 1.29 is 29.3 Å². The third kappa shape index (κ3) is 3.40. The fourth-order valence-corrected chi connectivity index (χ4v) is 3.64. The van der Waals surface area contributed by atoms with Gasteiger partial charge >= 0.3 is 11.9 Å². The first kappa shape index (κ1) is 16.3. The molecule has 0 aliphatic carbocycles. The SMILES string of the molecule is COc1cccc(-c2sc(C(=O)O)c(OCC(=O)O)c2Br)c1. The molecule has 0 atom stereocenters. The molecule has 116 valence electrons. The molecular weight excluding hydrogens is 376 g/mol. The number of aliphatic carboxylic acids is 1. The van der Waals surface area contributed by atoms with Gasteiger partial charge in [-0.25, -0.2) is 9.59 Å². The van der Waals surface area contributed by atoms with E-state index in [0.29, 0.717) is 15.1 Å². The molecule has 0 radical (unpaired) electrons. The lowest BCUT2D eigenvalue weighted by Crippen LogP contribution is -2.11. The molecule has 1 aromatic carbocycles. The highest BCUT2D eigenvalue weighted by Crippen LogP contribution is 2.46. The summed E-state index contributed by atoms with van der Waals surface area (Å²) >= 11 is 4.29. The summed E-state index contributed by atoms with van der Waals surface area (Å²) < 4.78 is 10.7. The summed E-state index contributed by atoms with van der Waals surface area (Å²) in [7, 11) is 1.53. The van der Waals surface area contributed by atoms with E-state index in [1.54, 1.807) is 24.3 Å². The number of carbonyl (C=O) groups is 2. The highest BCUT2D eigenvalue weighted by atomic mass is 79.9. The Balaban J connectivity index is 2.50. The van der Waals surface area contributed by atoms with Crippen molar-refractivity contribution in [3.8, 4) is 21.9 Å². The third-order valence-corrected chi connectivity index (χ3v) is 4.90. The van der Waals surface area contributed by atoms with Crippen molar-refractivity contribution in [3.63, 3.8) is 0 Å². The van der Waals surface area contributed by atoms with E-state index in [1.165, 1.54) is 7.11 Å². The van der Waals surface area contributed by atoms with Crippen molar-refractivity contribution in [1.82, 2.24) is 0 Å². The molecule has 0 spiro atoms. The van der Waals surface area contributed by atoms with Gasteiger partial charge in [-0.2, -0.15) is 0 Å². The van der Waals surface area contributed by atoms with Crippen molar-refractivity contribution in [2.24, 2.45) is 0 Å². The minimum absolute atomic E-state index is 0.0118. The van der Waals surface area contributed by atoms with Gasteiger partial charge in [-0.3, -0.25) is 0 Å². The van der Waals surface area contributed by atoms with Crippen molar-refractivity contribution in [1.29, 1.82) is 0 Å². The molecule has 0 saturated carbocycles. The topological polar surface area (TPSA) is 93.1 Å². The van der Waals surface area contributed by atoms with Crippen LogP contribution in [0.5, 0.6) is 11.5 Å². The van der Waals surface area contributed by atoms with E-state index in [-0.39, 0.29) is 10.6 Å². The van der Waals surface area contributed by atoms with Crippen LogP contribution < -0.4 is 9.47 Å². The Labute approximate surface area is 138 Å². The van der Waals surface area contributed by atoms with Gasteiger partial charge in [0, 0.05) is 0 Å². The van der Waals surface area contributed by atoms with Crippen LogP contribution in [0.1, 0.15) is 9.67 Å². The largest absolute Gasteiger partial charge is 0.497 e. The molecule has 8 heteroatoms. The van der Waals surface area contributed by atoms with E-state index < -0.39 is 18.5 Å². The van der Waals surface area contributed by atoms with Crippen molar-refractivity contribution in [3.05, 3.63) is 33.6 Å². The lowest BCUT2D eigenvalue weighted by molar-refractivity contribution is -0.139. The minimum atomic E-state index is -1.18. The van der Waals surface area contributed by atoms with E-state index in [0.717, 1.165) is 16.9 Å². The molecule has 0 aliphatic heterocycles. The van der Waals surface area contributed by atoms with Crippen LogP contribution in [0.2, 0.25) is 0 Å². The van der Waals surface area contributed by atoms with Gasteiger partial charge < -0.3 is 19.7 Å². The molecule has 2 aromatic rings. The Morgan fingerprint density at radius 2 is 2.05 bits per heavy atom. The van der Waals surface area contributed by atoms with Crippen LogP contribution in [0, 0.1) is 0 Å². The molecule has 2 N–H and O–H groups in total. The fraction of sp³-hybridized carbons (Fsp3) is 0.143. The zero-order chi connectivity index (χ0) is 16.3. The number of benzene rings is 1. The molecule has 6 nitrogen and oxygen atoms in total. The van der Waals surface area contributed by atoms with Gasteiger partial charge in [0.2, 0.25) is 0 Å². The first-order valence-corrected chi connectivity index (χ1v) is 7.59. The molecule has 0 unspecified atom stereocenters. The highest BCUT2D eigenvalue weighted by molar-refractivity contribution is 9.10. The average Bonchev–Trinajstić information content (AvgIpc) is 2.82. The van der Waals surface area contributed by atoms with Crippen LogP contribution in [0.4, 0.5) is 0 Å². The van der Waals surface area contributed by atoms with Crippen LogP contribution in [-0.2, 0) is 4.79 Å². The predicted octanol–water partition coefficient (Wildman–Crippen LogP) is 3.35. The van der Waals surface area contributed by atoms with Gasteiger partial charge in [0.1, 0.15) is 5.75 Å². The molecule has 0 saturated heterocycles. The number of halogens is 1. The van der Waals surface area contributed by atoms with Gasteiger partial charge in [0.05, 0.1) is 16.5 Å². The smallest absolute Gasteiger partial charge is 0.349 e. The summed E-state index contributed by atoms with van der Waals surface area (Å²) in [5.41, 5.74) is 0.740. The van der Waals surface area contributed by atoms with Crippen molar-refractivity contribution in [2.75, 3.05) is 13.7 Å². The van der Waals surface area contributed by atoms with Crippen molar-refractivity contribution in [2.45, 2.75) is 0 Å². The summed E-state index contributed by atoms with van der Waals surface area (Å²) in [5, 5.41) is 17.9.